The molecule has 1 heterocycles. The Morgan fingerprint density at radius 3 is 2.95 bits per heavy atom. The van der Waals surface area contributed by atoms with Crippen LogP contribution in [-0.4, -0.2) is 29.9 Å². The van der Waals surface area contributed by atoms with Crippen LogP contribution in [0.4, 0.5) is 0 Å². The fourth-order valence-electron chi connectivity index (χ4n) is 2.71. The van der Waals surface area contributed by atoms with Gasteiger partial charge in [-0.15, -0.1) is 0 Å². The second kappa shape index (κ2) is 6.06. The maximum Gasteiger partial charge on any atom is 0.255 e. The maximum atomic E-state index is 12.7. The summed E-state index contributed by atoms with van der Waals surface area (Å²) < 4.78 is 0.898. The fourth-order valence-corrected chi connectivity index (χ4v) is 3.14. The molecule has 1 aliphatic rings. The third-order valence-corrected chi connectivity index (χ3v) is 4.99. The van der Waals surface area contributed by atoms with Crippen LogP contribution in [0.2, 0.25) is 0 Å². The molecule has 4 heteroatoms. The van der Waals surface area contributed by atoms with Crippen LogP contribution in [0.25, 0.3) is 0 Å². The average Bonchev–Trinajstić information content (AvgIpc) is 2.41. The van der Waals surface area contributed by atoms with Crippen molar-refractivity contribution in [3.05, 3.63) is 33.8 Å². The molecular weight excluding hydrogens is 304 g/mol. The highest BCUT2D eigenvalue weighted by Crippen LogP contribution is 2.27. The van der Waals surface area contributed by atoms with Gasteiger partial charge in [0.1, 0.15) is 0 Å². The molecule has 3 nitrogen and oxygen atoms in total. The number of halogens is 1. The van der Waals surface area contributed by atoms with E-state index in [9.17, 15) is 4.79 Å². The van der Waals surface area contributed by atoms with Crippen LogP contribution in [0.5, 0.6) is 0 Å². The Labute approximate surface area is 123 Å². The second-order valence-corrected chi connectivity index (χ2v) is 6.25. The van der Waals surface area contributed by atoms with Gasteiger partial charge in [-0.2, -0.15) is 0 Å². The summed E-state index contributed by atoms with van der Waals surface area (Å²) in [6.07, 6.45) is 2.07. The van der Waals surface area contributed by atoms with Gasteiger partial charge in [0, 0.05) is 23.6 Å². The third-order valence-electron chi connectivity index (χ3n) is 3.93. The van der Waals surface area contributed by atoms with E-state index >= 15 is 0 Å². The highest BCUT2D eigenvalue weighted by atomic mass is 79.9. The molecule has 1 aliphatic heterocycles. The van der Waals surface area contributed by atoms with E-state index in [0.29, 0.717) is 12.5 Å². The van der Waals surface area contributed by atoms with E-state index in [1.807, 2.05) is 30.0 Å². The van der Waals surface area contributed by atoms with Crippen molar-refractivity contribution >= 4 is 21.8 Å². The van der Waals surface area contributed by atoms with Gasteiger partial charge in [-0.05, 0) is 53.2 Å². The van der Waals surface area contributed by atoms with Crippen molar-refractivity contribution in [3.63, 3.8) is 0 Å². The molecule has 1 aromatic rings. The lowest BCUT2D eigenvalue weighted by Gasteiger charge is -2.38. The van der Waals surface area contributed by atoms with Crippen molar-refractivity contribution in [3.8, 4) is 0 Å². The smallest absolute Gasteiger partial charge is 0.255 e. The Hall–Kier alpha value is -0.870. The first-order valence-electron chi connectivity index (χ1n) is 6.80. The summed E-state index contributed by atoms with van der Waals surface area (Å²) in [5.41, 5.74) is 7.66. The number of rotatable bonds is 2. The first kappa shape index (κ1) is 14.5. The summed E-state index contributed by atoms with van der Waals surface area (Å²) in [7, 11) is 0. The van der Waals surface area contributed by atoms with Gasteiger partial charge >= 0.3 is 0 Å². The molecule has 1 saturated heterocycles. The molecule has 2 unspecified atom stereocenters. The molecule has 1 amide bonds. The molecule has 0 spiro atoms. The molecule has 1 aromatic carbocycles. The molecule has 2 atom stereocenters. The number of aryl methyl sites for hydroxylation is 1. The van der Waals surface area contributed by atoms with Crippen LogP contribution in [-0.2, 0) is 0 Å². The molecule has 0 aliphatic carbocycles. The van der Waals surface area contributed by atoms with E-state index in [1.54, 1.807) is 0 Å². The molecular formula is C15H21BrN2O. The van der Waals surface area contributed by atoms with Gasteiger partial charge in [0.05, 0.1) is 5.56 Å². The van der Waals surface area contributed by atoms with E-state index < -0.39 is 0 Å². The molecule has 1 fully saturated rings. The zero-order valence-electron chi connectivity index (χ0n) is 11.5. The van der Waals surface area contributed by atoms with Crippen molar-refractivity contribution in [2.24, 2.45) is 11.7 Å². The summed E-state index contributed by atoms with van der Waals surface area (Å²) in [6.45, 7) is 5.58. The van der Waals surface area contributed by atoms with Gasteiger partial charge in [0.2, 0.25) is 0 Å². The van der Waals surface area contributed by atoms with Crippen LogP contribution < -0.4 is 5.73 Å². The average molecular weight is 325 g/mol. The van der Waals surface area contributed by atoms with Gasteiger partial charge in [-0.1, -0.05) is 19.1 Å². The van der Waals surface area contributed by atoms with Gasteiger partial charge < -0.3 is 10.6 Å². The van der Waals surface area contributed by atoms with E-state index in [0.717, 1.165) is 35.0 Å². The molecule has 19 heavy (non-hydrogen) atoms. The van der Waals surface area contributed by atoms with Crippen LogP contribution in [0.15, 0.2) is 22.7 Å². The molecule has 2 rings (SSSR count). The Morgan fingerprint density at radius 1 is 1.53 bits per heavy atom. The molecule has 0 radical (unpaired) electrons. The molecule has 0 bridgehead atoms. The number of hydrogen-bond acceptors (Lipinski definition) is 2. The van der Waals surface area contributed by atoms with Crippen LogP contribution in [0, 0.1) is 12.8 Å². The number of piperidine rings is 1. The minimum absolute atomic E-state index is 0.0953. The van der Waals surface area contributed by atoms with Crippen LogP contribution in [0.3, 0.4) is 0 Å². The molecule has 0 aromatic heterocycles. The zero-order valence-corrected chi connectivity index (χ0v) is 13.1. The summed E-state index contributed by atoms with van der Waals surface area (Å²) >= 11 is 3.52. The quantitative estimate of drug-likeness (QED) is 0.909. The number of nitrogens with zero attached hydrogens (tertiary/aromatic N) is 1. The highest BCUT2D eigenvalue weighted by Gasteiger charge is 2.30. The van der Waals surface area contributed by atoms with Crippen molar-refractivity contribution in [2.75, 3.05) is 13.1 Å². The topological polar surface area (TPSA) is 46.3 Å². The molecule has 2 N–H and O–H groups in total. The van der Waals surface area contributed by atoms with Crippen molar-refractivity contribution in [1.29, 1.82) is 0 Å². The van der Waals surface area contributed by atoms with E-state index in [1.165, 1.54) is 0 Å². The first-order valence-corrected chi connectivity index (χ1v) is 7.60. The minimum Gasteiger partial charge on any atom is -0.334 e. The Balaban J connectivity index is 2.25. The number of carbonyl (C=O) groups excluding carboxylic acids is 1. The third kappa shape index (κ3) is 3.00. The van der Waals surface area contributed by atoms with E-state index in [-0.39, 0.29) is 11.9 Å². The molecule has 0 saturated carbocycles. The Kier molecular flexibility index (Phi) is 4.63. The number of carbonyl (C=O) groups is 1. The van der Waals surface area contributed by atoms with Gasteiger partial charge in [0.25, 0.3) is 5.91 Å². The number of likely N-dealkylation sites (tertiary alicyclic amines) is 1. The SMILES string of the molecule is Cc1cccc(C(=O)N2CCC(C)CC2CN)c1Br. The number of nitrogens with two attached hydrogens (primary N) is 1. The maximum absolute atomic E-state index is 12.7. The van der Waals surface area contributed by atoms with Crippen molar-refractivity contribution < 1.29 is 4.79 Å². The monoisotopic (exact) mass is 324 g/mol. The zero-order chi connectivity index (χ0) is 14.0. The molecule has 104 valence electrons. The largest absolute Gasteiger partial charge is 0.334 e. The van der Waals surface area contributed by atoms with Gasteiger partial charge in [-0.3, -0.25) is 4.79 Å². The standard InChI is InChI=1S/C15H21BrN2O/c1-10-6-7-18(12(8-10)9-17)15(19)13-5-3-4-11(2)14(13)16/h3-5,10,12H,6-9,17H2,1-2H3. The van der Waals surface area contributed by atoms with Crippen LogP contribution >= 0.6 is 15.9 Å². The lowest BCUT2D eigenvalue weighted by atomic mass is 9.92. The van der Waals surface area contributed by atoms with E-state index in [4.69, 9.17) is 5.73 Å². The number of amides is 1. The lowest BCUT2D eigenvalue weighted by molar-refractivity contribution is 0.0572. The predicted octanol–water partition coefficient (Wildman–Crippen LogP) is 2.96. The first-order chi connectivity index (χ1) is 9.04. The summed E-state index contributed by atoms with van der Waals surface area (Å²) in [4.78, 5) is 14.6. The van der Waals surface area contributed by atoms with Gasteiger partial charge in [-0.25, -0.2) is 0 Å². The second-order valence-electron chi connectivity index (χ2n) is 5.45. The van der Waals surface area contributed by atoms with Gasteiger partial charge in [0.15, 0.2) is 0 Å². The summed E-state index contributed by atoms with van der Waals surface area (Å²) in [6, 6.07) is 5.98. The highest BCUT2D eigenvalue weighted by molar-refractivity contribution is 9.10. The summed E-state index contributed by atoms with van der Waals surface area (Å²) in [5.74, 6) is 0.747. The number of benzene rings is 1. The van der Waals surface area contributed by atoms with E-state index in [2.05, 4.69) is 22.9 Å². The normalized spacial score (nSPS) is 23.5. The summed E-state index contributed by atoms with van der Waals surface area (Å²) in [5, 5.41) is 0. The van der Waals surface area contributed by atoms with Crippen molar-refractivity contribution in [2.45, 2.75) is 32.7 Å². The Morgan fingerprint density at radius 2 is 2.26 bits per heavy atom. The Bertz CT molecular complexity index is 475. The minimum atomic E-state index is 0.0953. The van der Waals surface area contributed by atoms with Crippen molar-refractivity contribution in [1.82, 2.24) is 4.90 Å². The predicted molar refractivity (Wildman–Crippen MR) is 81.2 cm³/mol. The number of hydrogen-bond donors (Lipinski definition) is 1. The van der Waals surface area contributed by atoms with Crippen LogP contribution in [0.1, 0.15) is 35.7 Å². The fraction of sp³-hybridized carbons (Fsp3) is 0.533. The lowest BCUT2D eigenvalue weighted by Crippen LogP contribution is -2.49.